The zero-order chi connectivity index (χ0) is 15.2. The number of Topliss-reactive ketones (excluding diaryl/α,β-unsaturated/α-hetero) is 1. The van der Waals surface area contributed by atoms with Gasteiger partial charge in [0.25, 0.3) is 0 Å². The highest BCUT2D eigenvalue weighted by Crippen LogP contribution is 2.22. The summed E-state index contributed by atoms with van der Waals surface area (Å²) in [6, 6.07) is 7.62. The molecule has 1 aromatic rings. The molecule has 0 aromatic heterocycles. The van der Waals surface area contributed by atoms with Crippen LogP contribution >= 0.6 is 0 Å². The molecule has 110 valence electrons. The lowest BCUT2D eigenvalue weighted by Crippen LogP contribution is -2.12. The van der Waals surface area contributed by atoms with Crippen LogP contribution in [0.3, 0.4) is 0 Å². The van der Waals surface area contributed by atoms with Crippen molar-refractivity contribution in [2.45, 2.75) is 52.4 Å². The molecule has 1 rings (SSSR count). The Morgan fingerprint density at radius 2 is 1.65 bits per heavy atom. The first-order valence-electron chi connectivity index (χ1n) is 7.14. The van der Waals surface area contributed by atoms with E-state index in [-0.39, 0.29) is 30.0 Å². The summed E-state index contributed by atoms with van der Waals surface area (Å²) in [5, 5.41) is 0. The van der Waals surface area contributed by atoms with Gasteiger partial charge in [0.05, 0.1) is 13.0 Å². The van der Waals surface area contributed by atoms with E-state index in [4.69, 9.17) is 4.74 Å². The maximum Gasteiger partial charge on any atom is 0.306 e. The first-order chi connectivity index (χ1) is 9.34. The monoisotopic (exact) mass is 276 g/mol. The minimum Gasteiger partial charge on any atom is -0.466 e. The minimum absolute atomic E-state index is 0.0149. The number of esters is 1. The van der Waals surface area contributed by atoms with Crippen molar-refractivity contribution >= 4 is 11.8 Å². The van der Waals surface area contributed by atoms with Crippen molar-refractivity contribution in [2.75, 3.05) is 6.61 Å². The molecule has 3 heteroatoms. The summed E-state index contributed by atoms with van der Waals surface area (Å²) in [4.78, 5) is 23.3. The lowest BCUT2D eigenvalue weighted by Gasteiger charge is -2.18. The molecule has 0 unspecified atom stereocenters. The first-order valence-corrected chi connectivity index (χ1v) is 7.14. The zero-order valence-corrected chi connectivity index (χ0v) is 12.9. The topological polar surface area (TPSA) is 43.4 Å². The van der Waals surface area contributed by atoms with Crippen LogP contribution in [0.2, 0.25) is 0 Å². The summed E-state index contributed by atoms with van der Waals surface area (Å²) in [5.74, 6) is -0.314. The second kappa shape index (κ2) is 7.22. The largest absolute Gasteiger partial charge is 0.466 e. The Labute approximate surface area is 121 Å². The zero-order valence-electron chi connectivity index (χ0n) is 12.9. The molecule has 0 fully saturated rings. The molecule has 0 saturated carbocycles. The summed E-state index contributed by atoms with van der Waals surface area (Å²) in [7, 11) is 0. The number of benzene rings is 1. The molecule has 0 amide bonds. The van der Waals surface area contributed by atoms with E-state index < -0.39 is 0 Å². The maximum atomic E-state index is 12.0. The lowest BCUT2D eigenvalue weighted by atomic mass is 9.86. The van der Waals surface area contributed by atoms with Crippen LogP contribution in [0.5, 0.6) is 0 Å². The molecular formula is C17H24O3. The highest BCUT2D eigenvalue weighted by atomic mass is 16.5. The Morgan fingerprint density at radius 3 is 2.15 bits per heavy atom. The molecule has 0 spiro atoms. The fraction of sp³-hybridized carbons (Fsp3) is 0.529. The second-order valence-corrected chi connectivity index (χ2v) is 5.97. The van der Waals surface area contributed by atoms with E-state index in [1.54, 1.807) is 0 Å². The molecule has 0 bridgehead atoms. The third-order valence-electron chi connectivity index (χ3n) is 3.10. The van der Waals surface area contributed by atoms with E-state index in [1.807, 2.05) is 31.2 Å². The number of carbonyl (C=O) groups excluding carboxylic acids is 2. The quantitative estimate of drug-likeness (QED) is 0.584. The maximum absolute atomic E-state index is 12.0. The van der Waals surface area contributed by atoms with Crippen LogP contribution < -0.4 is 0 Å². The van der Waals surface area contributed by atoms with Crippen molar-refractivity contribution in [3.63, 3.8) is 0 Å². The molecule has 1 aromatic carbocycles. The molecule has 20 heavy (non-hydrogen) atoms. The SMILES string of the molecule is CCCOC(=O)CCC(=O)c1ccc(C(C)(C)C)cc1. The Kier molecular flexibility index (Phi) is 5.93. The van der Waals surface area contributed by atoms with Gasteiger partial charge in [0.1, 0.15) is 0 Å². The van der Waals surface area contributed by atoms with Gasteiger partial charge < -0.3 is 4.74 Å². The fourth-order valence-corrected chi connectivity index (χ4v) is 1.80. The van der Waals surface area contributed by atoms with Crippen LogP contribution in [0.4, 0.5) is 0 Å². The van der Waals surface area contributed by atoms with Gasteiger partial charge in [0.2, 0.25) is 0 Å². The predicted octanol–water partition coefficient (Wildman–Crippen LogP) is 3.90. The van der Waals surface area contributed by atoms with E-state index in [9.17, 15) is 9.59 Å². The summed E-state index contributed by atoms with van der Waals surface area (Å²) >= 11 is 0. The van der Waals surface area contributed by atoms with Crippen LogP contribution in [-0.4, -0.2) is 18.4 Å². The highest BCUT2D eigenvalue weighted by molar-refractivity contribution is 5.97. The number of ether oxygens (including phenoxy) is 1. The van der Waals surface area contributed by atoms with Crippen molar-refractivity contribution in [1.82, 2.24) is 0 Å². The van der Waals surface area contributed by atoms with Gasteiger partial charge in [-0.05, 0) is 17.4 Å². The number of hydrogen-bond donors (Lipinski definition) is 0. The fourth-order valence-electron chi connectivity index (χ4n) is 1.80. The second-order valence-electron chi connectivity index (χ2n) is 5.97. The molecule has 0 aliphatic carbocycles. The van der Waals surface area contributed by atoms with Crippen molar-refractivity contribution in [3.8, 4) is 0 Å². The van der Waals surface area contributed by atoms with Crippen LogP contribution in [-0.2, 0) is 14.9 Å². The number of hydrogen-bond acceptors (Lipinski definition) is 3. The van der Waals surface area contributed by atoms with E-state index in [0.29, 0.717) is 12.2 Å². The van der Waals surface area contributed by atoms with Crippen molar-refractivity contribution in [1.29, 1.82) is 0 Å². The van der Waals surface area contributed by atoms with Crippen molar-refractivity contribution in [3.05, 3.63) is 35.4 Å². The number of rotatable bonds is 6. The van der Waals surface area contributed by atoms with Crippen molar-refractivity contribution < 1.29 is 14.3 Å². The van der Waals surface area contributed by atoms with Gasteiger partial charge in [-0.2, -0.15) is 0 Å². The molecule has 0 heterocycles. The molecular weight excluding hydrogens is 252 g/mol. The predicted molar refractivity (Wildman–Crippen MR) is 80.0 cm³/mol. The van der Waals surface area contributed by atoms with Gasteiger partial charge in [-0.25, -0.2) is 0 Å². The molecule has 0 aliphatic rings. The first kappa shape index (κ1) is 16.4. The Morgan fingerprint density at radius 1 is 1.05 bits per heavy atom. The van der Waals surface area contributed by atoms with Gasteiger partial charge in [0.15, 0.2) is 5.78 Å². The van der Waals surface area contributed by atoms with Gasteiger partial charge >= 0.3 is 5.97 Å². The molecule has 0 N–H and O–H groups in total. The van der Waals surface area contributed by atoms with Gasteiger partial charge in [-0.1, -0.05) is 52.0 Å². The lowest BCUT2D eigenvalue weighted by molar-refractivity contribution is -0.143. The average Bonchev–Trinajstić information content (AvgIpc) is 2.41. The molecule has 0 atom stereocenters. The normalized spacial score (nSPS) is 11.2. The summed E-state index contributed by atoms with van der Waals surface area (Å²) < 4.78 is 4.95. The molecule has 0 aliphatic heterocycles. The molecule has 0 saturated heterocycles. The van der Waals surface area contributed by atoms with E-state index in [0.717, 1.165) is 6.42 Å². The van der Waals surface area contributed by atoms with E-state index in [2.05, 4.69) is 20.8 Å². The van der Waals surface area contributed by atoms with Crippen molar-refractivity contribution in [2.24, 2.45) is 0 Å². The summed E-state index contributed by atoms with van der Waals surface area (Å²) in [6.07, 6.45) is 1.16. The van der Waals surface area contributed by atoms with Gasteiger partial charge in [-0.3, -0.25) is 9.59 Å². The third-order valence-corrected chi connectivity index (χ3v) is 3.10. The number of ketones is 1. The Balaban J connectivity index is 2.54. The molecule has 3 nitrogen and oxygen atoms in total. The third kappa shape index (κ3) is 5.16. The number of carbonyl (C=O) groups is 2. The highest BCUT2D eigenvalue weighted by Gasteiger charge is 2.15. The average molecular weight is 276 g/mol. The standard InChI is InChI=1S/C17H24O3/c1-5-12-20-16(19)11-10-15(18)13-6-8-14(9-7-13)17(2,3)4/h6-9H,5,10-12H2,1-4H3. The van der Waals surface area contributed by atoms with Crippen LogP contribution in [0.25, 0.3) is 0 Å². The Hall–Kier alpha value is -1.64. The Bertz CT molecular complexity index is 452. The smallest absolute Gasteiger partial charge is 0.306 e. The van der Waals surface area contributed by atoms with E-state index >= 15 is 0 Å². The van der Waals surface area contributed by atoms with Gasteiger partial charge in [-0.15, -0.1) is 0 Å². The van der Waals surface area contributed by atoms with Crippen LogP contribution in [0.15, 0.2) is 24.3 Å². The molecule has 0 radical (unpaired) electrons. The van der Waals surface area contributed by atoms with E-state index in [1.165, 1.54) is 5.56 Å². The minimum atomic E-state index is -0.300. The summed E-state index contributed by atoms with van der Waals surface area (Å²) in [6.45, 7) is 8.76. The van der Waals surface area contributed by atoms with Crippen LogP contribution in [0, 0.1) is 0 Å². The van der Waals surface area contributed by atoms with Crippen LogP contribution in [0.1, 0.15) is 62.9 Å². The summed E-state index contributed by atoms with van der Waals surface area (Å²) in [5.41, 5.74) is 1.92. The van der Waals surface area contributed by atoms with Gasteiger partial charge in [0, 0.05) is 12.0 Å².